The van der Waals surface area contributed by atoms with Crippen molar-refractivity contribution in [3.05, 3.63) is 24.0 Å². The van der Waals surface area contributed by atoms with Crippen molar-refractivity contribution in [2.45, 2.75) is 12.2 Å². The maximum Gasteiger partial charge on any atom is 0.192 e. The number of aliphatic hydroxyl groups excluding tert-OH is 1. The minimum atomic E-state index is -1.31. The van der Waals surface area contributed by atoms with E-state index in [-0.39, 0.29) is 5.76 Å². The molecule has 56 valence electrons. The monoisotopic (exact) mass is 142 g/mol. The number of aliphatic hydroxyl groups is 2. The molecule has 0 bridgehead atoms. The van der Waals surface area contributed by atoms with Gasteiger partial charge in [0.2, 0.25) is 0 Å². The van der Waals surface area contributed by atoms with Crippen molar-refractivity contribution in [3.63, 3.8) is 0 Å². The molecule has 0 spiro atoms. The Labute approximate surface area is 59.2 Å². The molecule has 0 amide bonds. The van der Waals surface area contributed by atoms with E-state index in [2.05, 4.69) is 0 Å². The van der Waals surface area contributed by atoms with Crippen molar-refractivity contribution in [3.8, 4) is 0 Å². The van der Waals surface area contributed by atoms with Crippen LogP contribution in [-0.4, -0.2) is 23.1 Å². The van der Waals surface area contributed by atoms with E-state index in [9.17, 15) is 5.11 Å². The summed E-state index contributed by atoms with van der Waals surface area (Å²) in [6.07, 6.45) is 4.83. The summed E-state index contributed by atoms with van der Waals surface area (Å²) in [5, 5.41) is 18.3. The number of rotatable bonds is 1. The lowest BCUT2D eigenvalue weighted by atomic mass is 10.1. The fraction of sp³-hybridized carbons (Fsp3) is 0.429. The van der Waals surface area contributed by atoms with E-state index in [1.807, 2.05) is 0 Å². The van der Waals surface area contributed by atoms with Crippen LogP contribution in [-0.2, 0) is 4.74 Å². The van der Waals surface area contributed by atoms with Gasteiger partial charge in [-0.05, 0) is 6.08 Å². The molecule has 3 heteroatoms. The van der Waals surface area contributed by atoms with Gasteiger partial charge in [0.15, 0.2) is 5.79 Å². The van der Waals surface area contributed by atoms with Crippen LogP contribution in [0.25, 0.3) is 0 Å². The predicted molar refractivity (Wildman–Crippen MR) is 36.4 cm³/mol. The maximum atomic E-state index is 9.34. The van der Waals surface area contributed by atoms with Crippen LogP contribution in [0.1, 0.15) is 6.42 Å². The second kappa shape index (κ2) is 2.44. The van der Waals surface area contributed by atoms with Gasteiger partial charge in [0, 0.05) is 19.6 Å². The first-order chi connectivity index (χ1) is 4.66. The van der Waals surface area contributed by atoms with E-state index >= 15 is 0 Å². The molecule has 2 N–H and O–H groups in total. The van der Waals surface area contributed by atoms with Crippen LogP contribution in [0.2, 0.25) is 0 Å². The Morgan fingerprint density at radius 3 is 2.80 bits per heavy atom. The molecule has 1 unspecified atom stereocenters. The zero-order valence-electron chi connectivity index (χ0n) is 5.74. The van der Waals surface area contributed by atoms with Gasteiger partial charge in [0.25, 0.3) is 0 Å². The number of ether oxygens (including phenoxy) is 1. The van der Waals surface area contributed by atoms with Gasteiger partial charge in [0.05, 0.1) is 0 Å². The fourth-order valence-corrected chi connectivity index (χ4v) is 0.829. The van der Waals surface area contributed by atoms with Crippen LogP contribution in [0.3, 0.4) is 0 Å². The summed E-state index contributed by atoms with van der Waals surface area (Å²) >= 11 is 0. The third kappa shape index (κ3) is 1.37. The molecule has 0 aliphatic heterocycles. The standard InChI is InChI=1S/C7H10O3/c1-10-7(9)4-2-3-6(8)5-7/h2-3,5,8-9H,4H2,1H3. The molecule has 1 aliphatic carbocycles. The lowest BCUT2D eigenvalue weighted by Gasteiger charge is -2.23. The zero-order chi connectivity index (χ0) is 7.61. The summed E-state index contributed by atoms with van der Waals surface area (Å²) in [7, 11) is 1.39. The third-order valence-corrected chi connectivity index (χ3v) is 1.43. The van der Waals surface area contributed by atoms with E-state index in [0.29, 0.717) is 6.42 Å². The summed E-state index contributed by atoms with van der Waals surface area (Å²) in [6, 6.07) is 0. The summed E-state index contributed by atoms with van der Waals surface area (Å²) in [5.41, 5.74) is 0. The Balaban J connectivity index is 2.76. The topological polar surface area (TPSA) is 49.7 Å². The highest BCUT2D eigenvalue weighted by Crippen LogP contribution is 2.20. The van der Waals surface area contributed by atoms with Crippen LogP contribution in [0.4, 0.5) is 0 Å². The molecule has 0 aromatic carbocycles. The molecule has 0 fully saturated rings. The van der Waals surface area contributed by atoms with Gasteiger partial charge in [-0.3, -0.25) is 0 Å². The average molecular weight is 142 g/mol. The molecule has 1 atom stereocenters. The maximum absolute atomic E-state index is 9.34. The molecule has 0 aromatic heterocycles. The van der Waals surface area contributed by atoms with E-state index in [0.717, 1.165) is 0 Å². The van der Waals surface area contributed by atoms with Crippen LogP contribution < -0.4 is 0 Å². The Bertz CT molecular complexity index is 183. The van der Waals surface area contributed by atoms with E-state index in [4.69, 9.17) is 9.84 Å². The third-order valence-electron chi connectivity index (χ3n) is 1.43. The van der Waals surface area contributed by atoms with Gasteiger partial charge in [-0.25, -0.2) is 0 Å². The van der Waals surface area contributed by atoms with E-state index in [1.54, 1.807) is 6.08 Å². The summed E-state index contributed by atoms with van der Waals surface area (Å²) in [6.45, 7) is 0. The van der Waals surface area contributed by atoms with E-state index < -0.39 is 5.79 Å². The van der Waals surface area contributed by atoms with Gasteiger partial charge >= 0.3 is 0 Å². The predicted octanol–water partition coefficient (Wildman–Crippen LogP) is 0.723. The quantitative estimate of drug-likeness (QED) is 0.530. The molecule has 0 saturated heterocycles. The van der Waals surface area contributed by atoms with Crippen molar-refractivity contribution < 1.29 is 14.9 Å². The summed E-state index contributed by atoms with van der Waals surface area (Å²) in [4.78, 5) is 0. The second-order valence-corrected chi connectivity index (χ2v) is 2.22. The Kier molecular flexibility index (Phi) is 1.78. The van der Waals surface area contributed by atoms with Crippen molar-refractivity contribution in [1.29, 1.82) is 0 Å². The Morgan fingerprint density at radius 2 is 2.40 bits per heavy atom. The van der Waals surface area contributed by atoms with Crippen molar-refractivity contribution >= 4 is 0 Å². The lowest BCUT2D eigenvalue weighted by molar-refractivity contribution is -0.145. The van der Waals surface area contributed by atoms with Crippen molar-refractivity contribution in [1.82, 2.24) is 0 Å². The van der Waals surface area contributed by atoms with E-state index in [1.165, 1.54) is 19.3 Å². The van der Waals surface area contributed by atoms with Gasteiger partial charge in [-0.2, -0.15) is 0 Å². The fourth-order valence-electron chi connectivity index (χ4n) is 0.829. The van der Waals surface area contributed by atoms with Crippen LogP contribution in [0.5, 0.6) is 0 Å². The molecule has 0 heterocycles. The molecule has 0 aromatic rings. The van der Waals surface area contributed by atoms with Gasteiger partial charge in [0.1, 0.15) is 5.76 Å². The smallest absolute Gasteiger partial charge is 0.192 e. The normalized spacial score (nSPS) is 32.0. The zero-order valence-corrected chi connectivity index (χ0v) is 5.74. The highest BCUT2D eigenvalue weighted by Gasteiger charge is 2.24. The average Bonchev–Trinajstić information content (AvgIpc) is 1.88. The molecular formula is C7H10O3. The minimum Gasteiger partial charge on any atom is -0.508 e. The SMILES string of the molecule is COC1(O)C=C(O)C=CC1. The molecule has 0 radical (unpaired) electrons. The molecule has 1 rings (SSSR count). The molecule has 1 aliphatic rings. The summed E-state index contributed by atoms with van der Waals surface area (Å²) < 4.78 is 4.72. The minimum absolute atomic E-state index is 0.0376. The van der Waals surface area contributed by atoms with Gasteiger partial charge in [-0.1, -0.05) is 6.08 Å². The first-order valence-corrected chi connectivity index (χ1v) is 3.02. The van der Waals surface area contributed by atoms with Crippen LogP contribution in [0, 0.1) is 0 Å². The number of hydrogen-bond acceptors (Lipinski definition) is 3. The summed E-state index contributed by atoms with van der Waals surface area (Å²) in [5.74, 6) is -1.27. The first-order valence-electron chi connectivity index (χ1n) is 3.02. The largest absolute Gasteiger partial charge is 0.508 e. The molecule has 10 heavy (non-hydrogen) atoms. The molecular weight excluding hydrogens is 132 g/mol. The van der Waals surface area contributed by atoms with Gasteiger partial charge in [-0.15, -0.1) is 0 Å². The van der Waals surface area contributed by atoms with Crippen LogP contribution >= 0.6 is 0 Å². The van der Waals surface area contributed by atoms with Crippen LogP contribution in [0.15, 0.2) is 24.0 Å². The lowest BCUT2D eigenvalue weighted by Crippen LogP contribution is -2.29. The first kappa shape index (κ1) is 7.31. The number of allylic oxidation sites excluding steroid dienone is 1. The highest BCUT2D eigenvalue weighted by atomic mass is 16.6. The number of methoxy groups -OCH3 is 1. The van der Waals surface area contributed by atoms with Gasteiger partial charge < -0.3 is 14.9 Å². The molecule has 0 saturated carbocycles. The Hall–Kier alpha value is -0.800. The van der Waals surface area contributed by atoms with Crippen molar-refractivity contribution in [2.24, 2.45) is 0 Å². The number of hydrogen-bond donors (Lipinski definition) is 2. The Morgan fingerprint density at radius 1 is 1.70 bits per heavy atom. The molecule has 3 nitrogen and oxygen atoms in total. The highest BCUT2D eigenvalue weighted by molar-refractivity contribution is 5.20. The second-order valence-electron chi connectivity index (χ2n) is 2.22. The van der Waals surface area contributed by atoms with Crippen molar-refractivity contribution in [2.75, 3.05) is 7.11 Å².